The van der Waals surface area contributed by atoms with Gasteiger partial charge in [-0.1, -0.05) is 30.3 Å². The van der Waals surface area contributed by atoms with Crippen molar-refractivity contribution in [2.24, 2.45) is 4.99 Å². The Balaban J connectivity index is 2.30. The van der Waals surface area contributed by atoms with Crippen LogP contribution in [0.25, 0.3) is 5.70 Å². The first-order valence-electron chi connectivity index (χ1n) is 4.58. The van der Waals surface area contributed by atoms with Crippen LogP contribution in [0, 0.1) is 0 Å². The van der Waals surface area contributed by atoms with Crippen LogP contribution in [-0.2, 0) is 0 Å². The number of amidine groups is 1. The summed E-state index contributed by atoms with van der Waals surface area (Å²) >= 11 is 0. The number of hydrogen-bond acceptors (Lipinski definition) is 3. The first-order valence-corrected chi connectivity index (χ1v) is 4.58. The van der Waals surface area contributed by atoms with E-state index in [9.17, 15) is 0 Å². The molecule has 14 heavy (non-hydrogen) atoms. The van der Waals surface area contributed by atoms with Crippen LogP contribution in [0.4, 0.5) is 0 Å². The SMILES string of the molecule is CC1=NC=C(c2ccccc2)NN1C. The van der Waals surface area contributed by atoms with Crippen molar-refractivity contribution < 1.29 is 0 Å². The highest BCUT2D eigenvalue weighted by Crippen LogP contribution is 2.13. The molecule has 1 aromatic rings. The van der Waals surface area contributed by atoms with Gasteiger partial charge in [0.2, 0.25) is 0 Å². The van der Waals surface area contributed by atoms with Crippen LogP contribution in [0.3, 0.4) is 0 Å². The molecule has 1 heterocycles. The molecule has 0 spiro atoms. The molecule has 1 aliphatic heterocycles. The second-order valence-corrected chi connectivity index (χ2v) is 3.26. The van der Waals surface area contributed by atoms with Crippen LogP contribution in [0.15, 0.2) is 41.5 Å². The molecule has 0 bridgehead atoms. The number of benzene rings is 1. The minimum absolute atomic E-state index is 0.963. The van der Waals surface area contributed by atoms with Crippen molar-refractivity contribution in [3.05, 3.63) is 42.1 Å². The largest absolute Gasteiger partial charge is 0.295 e. The van der Waals surface area contributed by atoms with E-state index in [2.05, 4.69) is 22.6 Å². The Morgan fingerprint density at radius 3 is 2.57 bits per heavy atom. The molecule has 1 N–H and O–H groups in total. The van der Waals surface area contributed by atoms with Gasteiger partial charge in [-0.2, -0.15) is 0 Å². The van der Waals surface area contributed by atoms with Crippen molar-refractivity contribution in [1.29, 1.82) is 0 Å². The van der Waals surface area contributed by atoms with E-state index >= 15 is 0 Å². The molecule has 0 radical (unpaired) electrons. The number of rotatable bonds is 1. The van der Waals surface area contributed by atoms with Crippen LogP contribution in [0.2, 0.25) is 0 Å². The maximum atomic E-state index is 4.29. The van der Waals surface area contributed by atoms with Gasteiger partial charge < -0.3 is 0 Å². The summed E-state index contributed by atoms with van der Waals surface area (Å²) in [5, 5.41) is 1.91. The second kappa shape index (κ2) is 3.54. The van der Waals surface area contributed by atoms with Gasteiger partial charge in [-0.3, -0.25) is 10.4 Å². The van der Waals surface area contributed by atoms with Crippen LogP contribution >= 0.6 is 0 Å². The van der Waals surface area contributed by atoms with Gasteiger partial charge in [0.05, 0.1) is 11.9 Å². The number of hydrazine groups is 1. The van der Waals surface area contributed by atoms with Crippen molar-refractivity contribution in [2.75, 3.05) is 7.05 Å². The number of hydrogen-bond donors (Lipinski definition) is 1. The Labute approximate surface area is 83.7 Å². The first kappa shape index (κ1) is 8.81. The molecule has 0 amide bonds. The molecule has 0 unspecified atom stereocenters. The summed E-state index contributed by atoms with van der Waals surface area (Å²) < 4.78 is 0. The predicted molar refractivity (Wildman–Crippen MR) is 58.4 cm³/mol. The average Bonchev–Trinajstić information content (AvgIpc) is 2.23. The Morgan fingerprint density at radius 1 is 1.21 bits per heavy atom. The summed E-state index contributed by atoms with van der Waals surface area (Å²) in [4.78, 5) is 4.29. The fourth-order valence-electron chi connectivity index (χ4n) is 1.29. The van der Waals surface area contributed by atoms with Gasteiger partial charge in [0.15, 0.2) is 0 Å². The number of nitrogens with zero attached hydrogens (tertiary/aromatic N) is 2. The Kier molecular flexibility index (Phi) is 2.23. The molecule has 2 rings (SSSR count). The third-order valence-electron chi connectivity index (χ3n) is 2.24. The second-order valence-electron chi connectivity index (χ2n) is 3.26. The zero-order valence-electron chi connectivity index (χ0n) is 8.36. The Hall–Kier alpha value is -1.77. The van der Waals surface area contributed by atoms with Crippen molar-refractivity contribution in [2.45, 2.75) is 6.92 Å². The summed E-state index contributed by atoms with van der Waals surface area (Å²) in [5.41, 5.74) is 5.42. The van der Waals surface area contributed by atoms with E-state index < -0.39 is 0 Å². The van der Waals surface area contributed by atoms with E-state index in [0.29, 0.717) is 0 Å². The van der Waals surface area contributed by atoms with Gasteiger partial charge in [-0.25, -0.2) is 4.99 Å². The molecule has 0 aliphatic carbocycles. The van der Waals surface area contributed by atoms with Gasteiger partial charge in [0.25, 0.3) is 0 Å². The molecular weight excluding hydrogens is 174 g/mol. The summed E-state index contributed by atoms with van der Waals surface area (Å²) in [6.45, 7) is 1.96. The molecule has 1 aliphatic rings. The molecule has 0 aromatic heterocycles. The Morgan fingerprint density at radius 2 is 1.93 bits per heavy atom. The normalized spacial score (nSPS) is 15.7. The van der Waals surface area contributed by atoms with Crippen molar-refractivity contribution in [1.82, 2.24) is 10.4 Å². The van der Waals surface area contributed by atoms with Crippen LogP contribution in [-0.4, -0.2) is 17.9 Å². The van der Waals surface area contributed by atoms with Gasteiger partial charge >= 0.3 is 0 Å². The highest BCUT2D eigenvalue weighted by atomic mass is 15.5. The maximum absolute atomic E-state index is 4.29. The predicted octanol–water partition coefficient (Wildman–Crippen LogP) is 1.85. The molecule has 0 fully saturated rings. The van der Waals surface area contributed by atoms with Crippen molar-refractivity contribution in [3.63, 3.8) is 0 Å². The summed E-state index contributed by atoms with van der Waals surface area (Å²) in [6, 6.07) is 10.2. The van der Waals surface area contributed by atoms with Crippen LogP contribution < -0.4 is 5.43 Å². The minimum Gasteiger partial charge on any atom is -0.295 e. The molecule has 0 saturated heterocycles. The molecule has 3 heteroatoms. The van der Waals surface area contributed by atoms with E-state index in [1.165, 1.54) is 0 Å². The zero-order chi connectivity index (χ0) is 9.97. The van der Waals surface area contributed by atoms with E-state index in [-0.39, 0.29) is 0 Å². The summed E-state index contributed by atoms with van der Waals surface area (Å²) in [6.07, 6.45) is 1.85. The minimum atomic E-state index is 0.963. The van der Waals surface area contributed by atoms with Crippen molar-refractivity contribution >= 4 is 11.5 Å². The fraction of sp³-hybridized carbons (Fsp3) is 0.182. The molecule has 0 atom stereocenters. The highest BCUT2D eigenvalue weighted by Gasteiger charge is 2.08. The van der Waals surface area contributed by atoms with Gasteiger partial charge in [-0.15, -0.1) is 0 Å². The summed E-state index contributed by atoms with van der Waals surface area (Å²) in [7, 11) is 1.95. The van der Waals surface area contributed by atoms with Gasteiger partial charge in [-0.05, 0) is 6.92 Å². The smallest absolute Gasteiger partial charge is 0.119 e. The molecule has 3 nitrogen and oxygen atoms in total. The van der Waals surface area contributed by atoms with E-state index in [1.54, 1.807) is 0 Å². The summed E-state index contributed by atoms with van der Waals surface area (Å²) in [5.74, 6) is 0.963. The average molecular weight is 187 g/mol. The van der Waals surface area contributed by atoms with Crippen LogP contribution in [0.5, 0.6) is 0 Å². The van der Waals surface area contributed by atoms with Crippen LogP contribution in [0.1, 0.15) is 12.5 Å². The van der Waals surface area contributed by atoms with Gasteiger partial charge in [0, 0.05) is 12.6 Å². The lowest BCUT2D eigenvalue weighted by molar-refractivity contribution is 0.436. The quantitative estimate of drug-likeness (QED) is 0.726. The van der Waals surface area contributed by atoms with E-state index in [1.807, 2.05) is 43.4 Å². The zero-order valence-corrected chi connectivity index (χ0v) is 8.36. The number of aliphatic imine (C=N–C) groups is 1. The van der Waals surface area contributed by atoms with E-state index in [4.69, 9.17) is 0 Å². The molecular formula is C11H13N3. The van der Waals surface area contributed by atoms with E-state index in [0.717, 1.165) is 17.1 Å². The van der Waals surface area contributed by atoms with Crippen molar-refractivity contribution in [3.8, 4) is 0 Å². The molecule has 0 saturated carbocycles. The topological polar surface area (TPSA) is 27.6 Å². The lowest BCUT2D eigenvalue weighted by Gasteiger charge is -2.25. The highest BCUT2D eigenvalue weighted by molar-refractivity contribution is 5.83. The Bertz CT molecular complexity index is 379. The standard InChI is InChI=1S/C11H13N3/c1-9-12-8-11(13-14(9)2)10-6-4-3-5-7-10/h3-8,13H,1-2H3. The lowest BCUT2D eigenvalue weighted by atomic mass is 10.2. The monoisotopic (exact) mass is 187 g/mol. The molecule has 72 valence electrons. The maximum Gasteiger partial charge on any atom is 0.119 e. The lowest BCUT2D eigenvalue weighted by Crippen LogP contribution is -2.38. The molecule has 1 aromatic carbocycles. The third-order valence-corrected chi connectivity index (χ3v) is 2.24. The first-order chi connectivity index (χ1) is 6.77. The fourth-order valence-corrected chi connectivity index (χ4v) is 1.29. The number of nitrogens with one attached hydrogen (secondary N) is 1. The van der Waals surface area contributed by atoms with Gasteiger partial charge in [0.1, 0.15) is 5.84 Å². The third kappa shape index (κ3) is 1.62.